The third-order valence-electron chi connectivity index (χ3n) is 2.76. The average Bonchev–Trinajstić information content (AvgIpc) is 2.68. The van der Waals surface area contributed by atoms with Crippen LogP contribution in [-0.2, 0) is 7.05 Å². The van der Waals surface area contributed by atoms with E-state index in [2.05, 4.69) is 10.4 Å². The molecule has 7 heteroatoms. The Balaban J connectivity index is 2.34. The van der Waals surface area contributed by atoms with Gasteiger partial charge in [0.2, 0.25) is 0 Å². The minimum Gasteiger partial charge on any atom is -0.478 e. The summed E-state index contributed by atoms with van der Waals surface area (Å²) in [5.74, 6) is -1.58. The molecule has 0 aliphatic heterocycles. The smallest absolute Gasteiger partial charge is 0.337 e. The van der Waals surface area contributed by atoms with Crippen LogP contribution in [0.25, 0.3) is 0 Å². The van der Waals surface area contributed by atoms with Crippen LogP contribution >= 0.6 is 0 Å². The zero-order valence-electron chi connectivity index (χ0n) is 11.0. The van der Waals surface area contributed by atoms with Crippen molar-refractivity contribution in [2.75, 3.05) is 11.1 Å². The van der Waals surface area contributed by atoms with Crippen molar-refractivity contribution in [3.05, 3.63) is 41.2 Å². The molecule has 1 aromatic carbocycles. The van der Waals surface area contributed by atoms with Gasteiger partial charge >= 0.3 is 5.97 Å². The molecule has 20 heavy (non-hydrogen) atoms. The van der Waals surface area contributed by atoms with Crippen LogP contribution < -0.4 is 11.1 Å². The number of nitrogens with zero attached hydrogens (tertiary/aromatic N) is 2. The molecule has 2 rings (SSSR count). The number of carboxylic acids is 1. The molecule has 0 aliphatic rings. The normalized spacial score (nSPS) is 10.3. The van der Waals surface area contributed by atoms with Crippen LogP contribution in [0.5, 0.6) is 0 Å². The number of anilines is 2. The molecule has 0 spiro atoms. The van der Waals surface area contributed by atoms with E-state index in [9.17, 15) is 9.59 Å². The topological polar surface area (TPSA) is 110 Å². The van der Waals surface area contributed by atoms with Crippen molar-refractivity contribution in [2.24, 2.45) is 7.05 Å². The van der Waals surface area contributed by atoms with Crippen molar-refractivity contribution < 1.29 is 14.7 Å². The maximum absolute atomic E-state index is 12.1. The number of benzene rings is 1. The molecule has 1 heterocycles. The predicted octanol–water partition coefficient (Wildman–Crippen LogP) is 1.26. The zero-order chi connectivity index (χ0) is 14.9. The lowest BCUT2D eigenvalue weighted by Crippen LogP contribution is -2.18. The summed E-state index contributed by atoms with van der Waals surface area (Å²) in [6.45, 7) is 1.76. The number of rotatable bonds is 3. The largest absolute Gasteiger partial charge is 0.478 e. The minimum absolute atomic E-state index is 0.0218. The molecule has 0 unspecified atom stereocenters. The number of aromatic carboxylic acids is 1. The van der Waals surface area contributed by atoms with Gasteiger partial charge in [0.15, 0.2) is 0 Å². The van der Waals surface area contributed by atoms with Gasteiger partial charge in [-0.05, 0) is 31.2 Å². The highest BCUT2D eigenvalue weighted by atomic mass is 16.4. The monoisotopic (exact) mass is 274 g/mol. The summed E-state index contributed by atoms with van der Waals surface area (Å²) in [5, 5.41) is 15.7. The van der Waals surface area contributed by atoms with Crippen LogP contribution in [0.3, 0.4) is 0 Å². The van der Waals surface area contributed by atoms with Crippen LogP contribution in [0.1, 0.15) is 26.5 Å². The molecule has 0 fully saturated rings. The van der Waals surface area contributed by atoms with Gasteiger partial charge in [0.05, 0.1) is 16.9 Å². The van der Waals surface area contributed by atoms with Crippen molar-refractivity contribution in [3.8, 4) is 0 Å². The molecule has 0 saturated heterocycles. The number of aryl methyl sites for hydroxylation is 2. The Labute approximate surface area is 115 Å². The van der Waals surface area contributed by atoms with Crippen molar-refractivity contribution >= 4 is 23.3 Å². The van der Waals surface area contributed by atoms with E-state index >= 15 is 0 Å². The van der Waals surface area contributed by atoms with Gasteiger partial charge in [0.25, 0.3) is 5.91 Å². The molecule has 1 aromatic heterocycles. The molecule has 0 atom stereocenters. The molecule has 1 amide bonds. The number of hydrogen-bond acceptors (Lipinski definition) is 4. The van der Waals surface area contributed by atoms with Crippen LogP contribution in [0.15, 0.2) is 24.3 Å². The number of hydrogen-bond donors (Lipinski definition) is 3. The molecule has 0 saturated carbocycles. The number of carbonyl (C=O) groups is 2. The second-order valence-electron chi connectivity index (χ2n) is 4.36. The van der Waals surface area contributed by atoms with E-state index in [1.807, 2.05) is 0 Å². The number of amides is 1. The number of aromatic nitrogens is 2. The molecular formula is C13H14N4O3. The first-order valence-electron chi connectivity index (χ1n) is 5.83. The van der Waals surface area contributed by atoms with Gasteiger partial charge < -0.3 is 16.2 Å². The highest BCUT2D eigenvalue weighted by Gasteiger charge is 2.16. The summed E-state index contributed by atoms with van der Waals surface area (Å²) in [4.78, 5) is 23.2. The van der Waals surface area contributed by atoms with Gasteiger partial charge in [-0.2, -0.15) is 5.10 Å². The summed E-state index contributed by atoms with van der Waals surface area (Å²) in [6.07, 6.45) is 0. The Hall–Kier alpha value is -2.83. The third-order valence-corrected chi connectivity index (χ3v) is 2.76. The van der Waals surface area contributed by atoms with E-state index in [4.69, 9.17) is 10.8 Å². The number of carbonyl (C=O) groups excluding carboxylic acids is 1. The number of nitrogens with one attached hydrogen (secondary N) is 1. The van der Waals surface area contributed by atoms with Crippen molar-refractivity contribution in [3.63, 3.8) is 0 Å². The maximum atomic E-state index is 12.1. The quantitative estimate of drug-likeness (QED) is 0.730. The summed E-state index contributed by atoms with van der Waals surface area (Å²) >= 11 is 0. The number of nitrogens with two attached hydrogens (primary N) is 1. The fourth-order valence-corrected chi connectivity index (χ4v) is 1.86. The van der Waals surface area contributed by atoms with Gasteiger partial charge in [0, 0.05) is 12.7 Å². The van der Waals surface area contributed by atoms with E-state index in [1.54, 1.807) is 20.0 Å². The third kappa shape index (κ3) is 2.61. The van der Waals surface area contributed by atoms with E-state index in [0.717, 1.165) is 0 Å². The summed E-state index contributed by atoms with van der Waals surface area (Å²) in [6, 6.07) is 5.84. The van der Waals surface area contributed by atoms with Gasteiger partial charge in [-0.25, -0.2) is 4.79 Å². The Morgan fingerprint density at radius 2 is 2.05 bits per heavy atom. The van der Waals surface area contributed by atoms with Crippen LogP contribution in [0.2, 0.25) is 0 Å². The second-order valence-corrected chi connectivity index (χ2v) is 4.36. The molecular weight excluding hydrogens is 260 g/mol. The summed E-state index contributed by atoms with van der Waals surface area (Å²) in [5.41, 5.74) is 7.15. The van der Waals surface area contributed by atoms with E-state index in [0.29, 0.717) is 17.1 Å². The predicted molar refractivity (Wildman–Crippen MR) is 73.7 cm³/mol. The lowest BCUT2D eigenvalue weighted by atomic mass is 10.1. The van der Waals surface area contributed by atoms with Gasteiger partial charge in [0.1, 0.15) is 5.69 Å². The lowest BCUT2D eigenvalue weighted by Gasteiger charge is -2.09. The van der Waals surface area contributed by atoms with Crippen LogP contribution in [0.4, 0.5) is 11.4 Å². The van der Waals surface area contributed by atoms with Crippen LogP contribution in [-0.4, -0.2) is 26.8 Å². The molecule has 4 N–H and O–H groups in total. The maximum Gasteiger partial charge on any atom is 0.337 e. The number of carboxylic acid groups (broad SMARTS) is 1. The Bertz CT molecular complexity index is 691. The van der Waals surface area contributed by atoms with Crippen molar-refractivity contribution in [1.82, 2.24) is 9.78 Å². The molecule has 104 valence electrons. The first kappa shape index (κ1) is 13.6. The van der Waals surface area contributed by atoms with Crippen LogP contribution in [0, 0.1) is 6.92 Å². The first-order chi connectivity index (χ1) is 9.38. The van der Waals surface area contributed by atoms with Gasteiger partial charge in [-0.3, -0.25) is 9.48 Å². The van der Waals surface area contributed by atoms with E-state index < -0.39 is 11.9 Å². The molecule has 0 radical (unpaired) electrons. The minimum atomic E-state index is -1.14. The fraction of sp³-hybridized carbons (Fsp3) is 0.154. The first-order valence-corrected chi connectivity index (χ1v) is 5.83. The van der Waals surface area contributed by atoms with Gasteiger partial charge in [-0.1, -0.05) is 0 Å². The summed E-state index contributed by atoms with van der Waals surface area (Å²) in [7, 11) is 1.64. The Morgan fingerprint density at radius 3 is 2.60 bits per heavy atom. The standard InChI is InChI=1S/C13H14N4O3/c1-7-5-11(17(2)16-7)12(18)15-10-6-8(14)3-4-9(10)13(19)20/h3-6H,14H2,1-2H3,(H,15,18)(H,19,20). The second kappa shape index (κ2) is 5.04. The Morgan fingerprint density at radius 1 is 1.35 bits per heavy atom. The van der Waals surface area contributed by atoms with Crippen molar-refractivity contribution in [1.29, 1.82) is 0 Å². The highest BCUT2D eigenvalue weighted by molar-refractivity contribution is 6.07. The molecule has 0 bridgehead atoms. The fourth-order valence-electron chi connectivity index (χ4n) is 1.86. The SMILES string of the molecule is Cc1cc(C(=O)Nc2cc(N)ccc2C(=O)O)n(C)n1. The lowest BCUT2D eigenvalue weighted by molar-refractivity contribution is 0.0698. The zero-order valence-corrected chi connectivity index (χ0v) is 11.0. The average molecular weight is 274 g/mol. The van der Waals surface area contributed by atoms with Gasteiger partial charge in [-0.15, -0.1) is 0 Å². The van der Waals surface area contributed by atoms with Crippen molar-refractivity contribution in [2.45, 2.75) is 6.92 Å². The highest BCUT2D eigenvalue weighted by Crippen LogP contribution is 2.20. The Kier molecular flexibility index (Phi) is 3.43. The molecule has 2 aromatic rings. The summed E-state index contributed by atoms with van der Waals surface area (Å²) < 4.78 is 1.43. The van der Waals surface area contributed by atoms with E-state index in [-0.39, 0.29) is 11.3 Å². The molecule has 0 aliphatic carbocycles. The number of nitrogen functional groups attached to an aromatic ring is 1. The van der Waals surface area contributed by atoms with E-state index in [1.165, 1.54) is 22.9 Å². The molecule has 7 nitrogen and oxygen atoms in total.